The standard InChI is InChI=1S/C22H28N2O/c1-3-7-18(8-4-1)22(19-9-5-2-6-10-19)25-16-15-24-14-13-20-11-12-21(17-24)23-20/h1-10,20-23H,11-17H2/t20-,21-/m0/s1. The van der Waals surface area contributed by atoms with Crippen molar-refractivity contribution in [2.45, 2.75) is 37.5 Å². The van der Waals surface area contributed by atoms with E-state index >= 15 is 0 Å². The number of likely N-dealkylation sites (tertiary alicyclic amines) is 1. The molecule has 2 heterocycles. The van der Waals surface area contributed by atoms with Gasteiger partial charge in [-0.1, -0.05) is 60.7 Å². The molecule has 0 aliphatic carbocycles. The van der Waals surface area contributed by atoms with E-state index in [1.54, 1.807) is 0 Å². The Morgan fingerprint density at radius 2 is 1.52 bits per heavy atom. The van der Waals surface area contributed by atoms with Gasteiger partial charge >= 0.3 is 0 Å². The van der Waals surface area contributed by atoms with Gasteiger partial charge < -0.3 is 10.1 Å². The molecule has 2 saturated heterocycles. The van der Waals surface area contributed by atoms with Gasteiger partial charge in [-0.25, -0.2) is 0 Å². The predicted octanol–water partition coefficient (Wildman–Crippen LogP) is 3.62. The minimum absolute atomic E-state index is 0.0176. The maximum Gasteiger partial charge on any atom is 0.108 e. The van der Waals surface area contributed by atoms with E-state index in [1.807, 2.05) is 0 Å². The number of rotatable bonds is 6. The maximum absolute atomic E-state index is 6.38. The monoisotopic (exact) mass is 336 g/mol. The smallest absolute Gasteiger partial charge is 0.108 e. The molecule has 2 aromatic carbocycles. The molecule has 25 heavy (non-hydrogen) atoms. The van der Waals surface area contributed by atoms with Gasteiger partial charge in [-0.3, -0.25) is 4.90 Å². The van der Waals surface area contributed by atoms with Crippen LogP contribution in [0, 0.1) is 0 Å². The van der Waals surface area contributed by atoms with Gasteiger partial charge in [-0.05, 0) is 36.9 Å². The second kappa shape index (κ2) is 8.13. The first-order valence-corrected chi connectivity index (χ1v) is 9.58. The Labute approximate surface area is 151 Å². The van der Waals surface area contributed by atoms with Crippen molar-refractivity contribution in [1.82, 2.24) is 10.2 Å². The van der Waals surface area contributed by atoms with Crippen LogP contribution < -0.4 is 5.32 Å². The molecule has 2 aliphatic rings. The second-order valence-electron chi connectivity index (χ2n) is 7.30. The molecule has 3 nitrogen and oxygen atoms in total. The SMILES string of the molecule is c1ccc(C(OCCN2CC[C@@H]3CC[C@@H](C2)N3)c2ccccc2)cc1. The largest absolute Gasteiger partial charge is 0.367 e. The Morgan fingerprint density at radius 3 is 2.20 bits per heavy atom. The van der Waals surface area contributed by atoms with E-state index in [2.05, 4.69) is 70.9 Å². The highest BCUT2D eigenvalue weighted by molar-refractivity contribution is 5.29. The predicted molar refractivity (Wildman–Crippen MR) is 102 cm³/mol. The average Bonchev–Trinajstić information content (AvgIpc) is 3.01. The number of ether oxygens (including phenoxy) is 1. The molecule has 0 unspecified atom stereocenters. The fraction of sp³-hybridized carbons (Fsp3) is 0.455. The lowest BCUT2D eigenvalue weighted by Gasteiger charge is -2.25. The van der Waals surface area contributed by atoms with E-state index in [-0.39, 0.29) is 6.10 Å². The Morgan fingerprint density at radius 1 is 0.880 bits per heavy atom. The third-order valence-corrected chi connectivity index (χ3v) is 5.50. The summed E-state index contributed by atoms with van der Waals surface area (Å²) < 4.78 is 6.38. The lowest BCUT2D eigenvalue weighted by atomic mass is 10.0. The van der Waals surface area contributed by atoms with E-state index < -0.39 is 0 Å². The molecular weight excluding hydrogens is 308 g/mol. The highest BCUT2D eigenvalue weighted by atomic mass is 16.5. The molecule has 2 aromatic rings. The van der Waals surface area contributed by atoms with Gasteiger partial charge in [0.1, 0.15) is 6.10 Å². The van der Waals surface area contributed by atoms with Crippen LogP contribution in [0.15, 0.2) is 60.7 Å². The third kappa shape index (κ3) is 4.30. The van der Waals surface area contributed by atoms with E-state index in [4.69, 9.17) is 4.74 Å². The molecule has 0 saturated carbocycles. The van der Waals surface area contributed by atoms with Gasteiger partial charge in [0.15, 0.2) is 0 Å². The second-order valence-corrected chi connectivity index (χ2v) is 7.30. The van der Waals surface area contributed by atoms with Crippen LogP contribution in [0.5, 0.6) is 0 Å². The average molecular weight is 336 g/mol. The Hall–Kier alpha value is -1.68. The summed E-state index contributed by atoms with van der Waals surface area (Å²) in [6, 6.07) is 22.5. The molecule has 0 spiro atoms. The van der Waals surface area contributed by atoms with Gasteiger partial charge in [-0.2, -0.15) is 0 Å². The quantitative estimate of drug-likeness (QED) is 0.872. The van der Waals surface area contributed by atoms with Gasteiger partial charge in [0.25, 0.3) is 0 Å². The van der Waals surface area contributed by atoms with Crippen molar-refractivity contribution < 1.29 is 4.74 Å². The topological polar surface area (TPSA) is 24.5 Å². The summed E-state index contributed by atoms with van der Waals surface area (Å²) in [5.74, 6) is 0. The summed E-state index contributed by atoms with van der Waals surface area (Å²) in [5, 5.41) is 3.75. The Kier molecular flexibility index (Phi) is 5.46. The normalized spacial score (nSPS) is 23.7. The van der Waals surface area contributed by atoms with Crippen LogP contribution in [0.2, 0.25) is 0 Å². The Bertz CT molecular complexity index is 606. The highest BCUT2D eigenvalue weighted by Gasteiger charge is 2.29. The van der Waals surface area contributed by atoms with Crippen molar-refractivity contribution >= 4 is 0 Å². The summed E-state index contributed by atoms with van der Waals surface area (Å²) in [4.78, 5) is 2.57. The minimum atomic E-state index is 0.0176. The molecule has 2 bridgehead atoms. The van der Waals surface area contributed by atoms with Crippen molar-refractivity contribution in [3.8, 4) is 0 Å². The molecule has 0 radical (unpaired) electrons. The zero-order chi connectivity index (χ0) is 16.9. The van der Waals surface area contributed by atoms with Crippen LogP contribution in [0.3, 0.4) is 0 Å². The van der Waals surface area contributed by atoms with Crippen molar-refractivity contribution in [3.63, 3.8) is 0 Å². The number of benzene rings is 2. The molecule has 3 heteroatoms. The number of fused-ring (bicyclic) bond motifs is 2. The molecule has 4 rings (SSSR count). The lowest BCUT2D eigenvalue weighted by Crippen LogP contribution is -2.37. The van der Waals surface area contributed by atoms with Crippen molar-refractivity contribution in [3.05, 3.63) is 71.8 Å². The molecule has 2 aliphatic heterocycles. The first kappa shape index (κ1) is 16.8. The zero-order valence-electron chi connectivity index (χ0n) is 14.8. The molecule has 0 amide bonds. The van der Waals surface area contributed by atoms with Gasteiger partial charge in [0.05, 0.1) is 6.61 Å². The van der Waals surface area contributed by atoms with Crippen LogP contribution in [0.1, 0.15) is 36.5 Å². The fourth-order valence-corrected chi connectivity index (χ4v) is 4.16. The van der Waals surface area contributed by atoms with Crippen molar-refractivity contribution in [2.24, 2.45) is 0 Å². The third-order valence-electron chi connectivity index (χ3n) is 5.50. The van der Waals surface area contributed by atoms with Crippen molar-refractivity contribution in [2.75, 3.05) is 26.2 Å². The van der Waals surface area contributed by atoms with Crippen molar-refractivity contribution in [1.29, 1.82) is 0 Å². The number of nitrogens with zero attached hydrogens (tertiary/aromatic N) is 1. The first-order valence-electron chi connectivity index (χ1n) is 9.58. The number of nitrogens with one attached hydrogen (secondary N) is 1. The van der Waals surface area contributed by atoms with Crippen LogP contribution in [-0.2, 0) is 4.74 Å². The van der Waals surface area contributed by atoms with Crippen LogP contribution >= 0.6 is 0 Å². The van der Waals surface area contributed by atoms with E-state index in [0.29, 0.717) is 6.04 Å². The summed E-state index contributed by atoms with van der Waals surface area (Å²) in [6.07, 6.45) is 3.98. The summed E-state index contributed by atoms with van der Waals surface area (Å²) >= 11 is 0. The van der Waals surface area contributed by atoms with Gasteiger partial charge in [0, 0.05) is 25.2 Å². The molecule has 2 atom stereocenters. The molecule has 2 fully saturated rings. The Balaban J connectivity index is 1.38. The molecular formula is C22H28N2O. The molecule has 0 aromatic heterocycles. The number of hydrogen-bond donors (Lipinski definition) is 1. The summed E-state index contributed by atoms with van der Waals surface area (Å²) in [7, 11) is 0. The lowest BCUT2D eigenvalue weighted by molar-refractivity contribution is 0.0588. The highest BCUT2D eigenvalue weighted by Crippen LogP contribution is 2.26. The van der Waals surface area contributed by atoms with Crippen LogP contribution in [-0.4, -0.2) is 43.2 Å². The maximum atomic E-state index is 6.38. The minimum Gasteiger partial charge on any atom is -0.367 e. The summed E-state index contributed by atoms with van der Waals surface area (Å²) in [6.45, 7) is 4.15. The van der Waals surface area contributed by atoms with Gasteiger partial charge in [0.2, 0.25) is 0 Å². The first-order chi connectivity index (χ1) is 12.4. The van der Waals surface area contributed by atoms with Crippen LogP contribution in [0.4, 0.5) is 0 Å². The number of hydrogen-bond acceptors (Lipinski definition) is 3. The van der Waals surface area contributed by atoms with E-state index in [0.717, 1.165) is 19.2 Å². The fourth-order valence-electron chi connectivity index (χ4n) is 4.16. The summed E-state index contributed by atoms with van der Waals surface area (Å²) in [5.41, 5.74) is 2.45. The van der Waals surface area contributed by atoms with Gasteiger partial charge in [-0.15, -0.1) is 0 Å². The van der Waals surface area contributed by atoms with E-state index in [1.165, 1.54) is 43.5 Å². The molecule has 1 N–H and O–H groups in total. The zero-order valence-corrected chi connectivity index (χ0v) is 14.8. The molecule has 132 valence electrons. The van der Waals surface area contributed by atoms with E-state index in [9.17, 15) is 0 Å². The van der Waals surface area contributed by atoms with Crippen LogP contribution in [0.25, 0.3) is 0 Å².